The summed E-state index contributed by atoms with van der Waals surface area (Å²) in [4.78, 5) is 0. The fraction of sp³-hybridized carbons (Fsp3) is 0.188. The first-order valence-corrected chi connectivity index (χ1v) is 6.63. The normalized spacial score (nSPS) is 11.6. The largest absolute Gasteiger partial charge is 0.409 e. The summed E-state index contributed by atoms with van der Waals surface area (Å²) >= 11 is 0. The van der Waals surface area contributed by atoms with E-state index in [0.29, 0.717) is 18.7 Å². The molecule has 0 unspecified atom stereocenters. The first kappa shape index (κ1) is 15.0. The van der Waals surface area contributed by atoms with E-state index in [4.69, 9.17) is 10.9 Å². The second kappa shape index (κ2) is 6.85. The zero-order valence-corrected chi connectivity index (χ0v) is 11.8. The van der Waals surface area contributed by atoms with Crippen molar-refractivity contribution < 1.29 is 9.60 Å². The Labute approximate surface area is 123 Å². The van der Waals surface area contributed by atoms with E-state index in [1.54, 1.807) is 12.1 Å². The summed E-state index contributed by atoms with van der Waals surface area (Å²) in [6.45, 7) is 3.05. The molecule has 0 aromatic heterocycles. The van der Waals surface area contributed by atoms with Crippen LogP contribution in [-0.4, -0.2) is 11.0 Å². The molecule has 21 heavy (non-hydrogen) atoms. The Morgan fingerprint density at radius 2 is 2.00 bits per heavy atom. The van der Waals surface area contributed by atoms with Gasteiger partial charge in [0.25, 0.3) is 0 Å². The molecule has 2 rings (SSSR count). The molecule has 2 aromatic rings. The SMILES string of the molecule is Cc1cccc(CNCc2cccc(/C(N)=N/O)c2F)c1. The van der Waals surface area contributed by atoms with Gasteiger partial charge in [0.2, 0.25) is 0 Å². The van der Waals surface area contributed by atoms with Gasteiger partial charge in [-0.25, -0.2) is 4.39 Å². The summed E-state index contributed by atoms with van der Waals surface area (Å²) in [5.74, 6) is -0.697. The van der Waals surface area contributed by atoms with E-state index in [9.17, 15) is 4.39 Å². The Morgan fingerprint density at radius 1 is 1.24 bits per heavy atom. The molecule has 4 nitrogen and oxygen atoms in total. The summed E-state index contributed by atoms with van der Waals surface area (Å²) in [5.41, 5.74) is 8.35. The first-order chi connectivity index (χ1) is 10.1. The van der Waals surface area contributed by atoms with Crippen molar-refractivity contribution in [1.82, 2.24) is 5.32 Å². The summed E-state index contributed by atoms with van der Waals surface area (Å²) in [5, 5.41) is 14.7. The van der Waals surface area contributed by atoms with Gasteiger partial charge in [-0.2, -0.15) is 0 Å². The molecular weight excluding hydrogens is 269 g/mol. The molecular formula is C16H18FN3O. The second-order valence-corrected chi connectivity index (χ2v) is 4.86. The molecule has 0 atom stereocenters. The van der Waals surface area contributed by atoms with Gasteiger partial charge in [0.05, 0.1) is 5.56 Å². The van der Waals surface area contributed by atoms with Gasteiger partial charge >= 0.3 is 0 Å². The molecule has 0 fully saturated rings. The number of amidine groups is 1. The molecule has 0 spiro atoms. The van der Waals surface area contributed by atoms with Gasteiger partial charge in [-0.15, -0.1) is 0 Å². The fourth-order valence-electron chi connectivity index (χ4n) is 2.13. The number of hydrogen-bond acceptors (Lipinski definition) is 3. The highest BCUT2D eigenvalue weighted by atomic mass is 19.1. The van der Waals surface area contributed by atoms with E-state index in [0.717, 1.165) is 5.56 Å². The van der Waals surface area contributed by atoms with Crippen LogP contribution < -0.4 is 11.1 Å². The maximum atomic E-state index is 14.2. The Kier molecular flexibility index (Phi) is 4.90. The Bertz CT molecular complexity index is 656. The van der Waals surface area contributed by atoms with Crippen LogP contribution in [0.15, 0.2) is 47.6 Å². The number of nitrogens with one attached hydrogen (secondary N) is 1. The topological polar surface area (TPSA) is 70.6 Å². The minimum atomic E-state index is -0.468. The lowest BCUT2D eigenvalue weighted by atomic mass is 10.1. The smallest absolute Gasteiger partial charge is 0.173 e. The fourth-order valence-corrected chi connectivity index (χ4v) is 2.13. The number of halogens is 1. The average molecular weight is 287 g/mol. The van der Waals surface area contributed by atoms with Crippen molar-refractivity contribution in [3.63, 3.8) is 0 Å². The maximum absolute atomic E-state index is 14.2. The molecule has 0 amide bonds. The van der Waals surface area contributed by atoms with Crippen molar-refractivity contribution >= 4 is 5.84 Å². The van der Waals surface area contributed by atoms with Crippen LogP contribution in [-0.2, 0) is 13.1 Å². The van der Waals surface area contributed by atoms with Crippen LogP contribution in [0.5, 0.6) is 0 Å². The van der Waals surface area contributed by atoms with Gasteiger partial charge in [0.1, 0.15) is 5.82 Å². The number of rotatable bonds is 5. The maximum Gasteiger partial charge on any atom is 0.173 e. The Balaban J connectivity index is 2.04. The first-order valence-electron chi connectivity index (χ1n) is 6.63. The summed E-state index contributed by atoms with van der Waals surface area (Å²) < 4.78 is 14.2. The van der Waals surface area contributed by atoms with Crippen molar-refractivity contribution in [2.75, 3.05) is 0 Å². The molecule has 0 saturated heterocycles. The van der Waals surface area contributed by atoms with Crippen molar-refractivity contribution in [1.29, 1.82) is 0 Å². The van der Waals surface area contributed by atoms with Gasteiger partial charge in [-0.05, 0) is 18.6 Å². The number of oxime groups is 1. The van der Waals surface area contributed by atoms with E-state index in [1.165, 1.54) is 11.6 Å². The number of aryl methyl sites for hydroxylation is 1. The van der Waals surface area contributed by atoms with Crippen molar-refractivity contribution in [3.05, 3.63) is 70.5 Å². The van der Waals surface area contributed by atoms with Crippen LogP contribution in [0.3, 0.4) is 0 Å². The predicted octanol–water partition coefficient (Wildman–Crippen LogP) is 2.52. The van der Waals surface area contributed by atoms with E-state index in [-0.39, 0.29) is 11.4 Å². The van der Waals surface area contributed by atoms with Crippen LogP contribution in [0.4, 0.5) is 4.39 Å². The van der Waals surface area contributed by atoms with Gasteiger partial charge in [-0.1, -0.05) is 47.1 Å². The van der Waals surface area contributed by atoms with Crippen molar-refractivity contribution in [3.8, 4) is 0 Å². The molecule has 0 aliphatic carbocycles. The summed E-state index contributed by atoms with van der Waals surface area (Å²) in [7, 11) is 0. The van der Waals surface area contributed by atoms with Crippen LogP contribution >= 0.6 is 0 Å². The average Bonchev–Trinajstić information content (AvgIpc) is 2.48. The number of nitrogens with two attached hydrogens (primary N) is 1. The molecule has 0 aliphatic heterocycles. The minimum Gasteiger partial charge on any atom is -0.409 e. The molecule has 0 bridgehead atoms. The van der Waals surface area contributed by atoms with Crippen LogP contribution in [0.2, 0.25) is 0 Å². The summed E-state index contributed by atoms with van der Waals surface area (Å²) in [6.07, 6.45) is 0. The third kappa shape index (κ3) is 3.79. The van der Waals surface area contributed by atoms with E-state index < -0.39 is 5.82 Å². The molecule has 0 radical (unpaired) electrons. The molecule has 0 saturated carbocycles. The lowest BCUT2D eigenvalue weighted by Gasteiger charge is -2.09. The van der Waals surface area contributed by atoms with E-state index in [1.807, 2.05) is 25.1 Å². The lowest BCUT2D eigenvalue weighted by Crippen LogP contribution is -2.18. The molecule has 5 heteroatoms. The highest BCUT2D eigenvalue weighted by Gasteiger charge is 2.11. The Morgan fingerprint density at radius 3 is 2.71 bits per heavy atom. The zero-order valence-electron chi connectivity index (χ0n) is 11.8. The van der Waals surface area contributed by atoms with E-state index in [2.05, 4.69) is 16.5 Å². The Hall–Kier alpha value is -2.40. The summed E-state index contributed by atoms with van der Waals surface area (Å²) in [6, 6.07) is 13.0. The minimum absolute atomic E-state index is 0.104. The molecule has 4 N–H and O–H groups in total. The predicted molar refractivity (Wildman–Crippen MR) is 80.6 cm³/mol. The van der Waals surface area contributed by atoms with Gasteiger partial charge in [-0.3, -0.25) is 0 Å². The van der Waals surface area contributed by atoms with Crippen LogP contribution in [0, 0.1) is 12.7 Å². The quantitative estimate of drug-likeness (QED) is 0.342. The zero-order chi connectivity index (χ0) is 15.2. The molecule has 110 valence electrons. The molecule has 0 aliphatic rings. The van der Waals surface area contributed by atoms with Gasteiger partial charge < -0.3 is 16.3 Å². The standard InChI is InChI=1S/C16H18FN3O/c1-11-4-2-5-12(8-11)9-19-10-13-6-3-7-14(15(13)17)16(18)20-21/h2-8,19,21H,9-10H2,1H3,(H2,18,20). The third-order valence-corrected chi connectivity index (χ3v) is 3.19. The second-order valence-electron chi connectivity index (χ2n) is 4.86. The highest BCUT2D eigenvalue weighted by molar-refractivity contribution is 5.97. The van der Waals surface area contributed by atoms with Crippen molar-refractivity contribution in [2.24, 2.45) is 10.9 Å². The molecule has 0 heterocycles. The number of benzene rings is 2. The van der Waals surface area contributed by atoms with Crippen molar-refractivity contribution in [2.45, 2.75) is 20.0 Å². The van der Waals surface area contributed by atoms with Crippen LogP contribution in [0.1, 0.15) is 22.3 Å². The monoisotopic (exact) mass is 287 g/mol. The number of nitrogens with zero attached hydrogens (tertiary/aromatic N) is 1. The van der Waals surface area contributed by atoms with E-state index >= 15 is 0 Å². The third-order valence-electron chi connectivity index (χ3n) is 3.19. The molecule has 2 aromatic carbocycles. The van der Waals surface area contributed by atoms with Gasteiger partial charge in [0.15, 0.2) is 5.84 Å². The van der Waals surface area contributed by atoms with Gasteiger partial charge in [0, 0.05) is 18.7 Å². The number of hydrogen-bond donors (Lipinski definition) is 3. The highest BCUT2D eigenvalue weighted by Crippen LogP contribution is 2.13. The lowest BCUT2D eigenvalue weighted by molar-refractivity contribution is 0.318. The van der Waals surface area contributed by atoms with Crippen LogP contribution in [0.25, 0.3) is 0 Å².